The molecule has 110 valence electrons. The largest absolute Gasteiger partial charge is 0.372 e. The Morgan fingerprint density at radius 1 is 1.35 bits per heavy atom. The zero-order valence-electron chi connectivity index (χ0n) is 12.5. The van der Waals surface area contributed by atoms with E-state index < -0.39 is 0 Å². The molecule has 0 atom stereocenters. The van der Waals surface area contributed by atoms with Crippen molar-refractivity contribution in [2.24, 2.45) is 11.8 Å². The molecule has 20 heavy (non-hydrogen) atoms. The molecule has 0 radical (unpaired) electrons. The Kier molecular flexibility index (Phi) is 5.39. The number of hydrogen-bond acceptors (Lipinski definition) is 3. The first kappa shape index (κ1) is 14.8. The van der Waals surface area contributed by atoms with Gasteiger partial charge in [-0.1, -0.05) is 32.6 Å². The van der Waals surface area contributed by atoms with Crippen LogP contribution >= 0.6 is 0 Å². The first-order valence-electron chi connectivity index (χ1n) is 7.61. The van der Waals surface area contributed by atoms with Crippen LogP contribution in [0.1, 0.15) is 49.4 Å². The summed E-state index contributed by atoms with van der Waals surface area (Å²) in [4.78, 5) is 16.3. The highest BCUT2D eigenvalue weighted by Crippen LogP contribution is 2.29. The lowest BCUT2D eigenvalue weighted by Gasteiger charge is -2.26. The van der Waals surface area contributed by atoms with Crippen LogP contribution in [0.3, 0.4) is 0 Å². The summed E-state index contributed by atoms with van der Waals surface area (Å²) in [7, 11) is 1.78. The van der Waals surface area contributed by atoms with E-state index in [9.17, 15) is 4.79 Å². The minimum Gasteiger partial charge on any atom is -0.372 e. The monoisotopic (exact) mass is 275 g/mol. The second-order valence-electron chi connectivity index (χ2n) is 5.82. The molecule has 4 nitrogen and oxygen atoms in total. The van der Waals surface area contributed by atoms with E-state index in [4.69, 9.17) is 0 Å². The van der Waals surface area contributed by atoms with Crippen molar-refractivity contribution < 1.29 is 4.79 Å². The van der Waals surface area contributed by atoms with E-state index in [-0.39, 0.29) is 5.91 Å². The Labute approximate surface area is 121 Å². The third kappa shape index (κ3) is 3.95. The molecule has 1 aliphatic rings. The lowest BCUT2D eigenvalue weighted by Crippen LogP contribution is -2.27. The average molecular weight is 275 g/mol. The number of nitrogens with one attached hydrogen (secondary N) is 2. The molecule has 0 aliphatic heterocycles. The summed E-state index contributed by atoms with van der Waals surface area (Å²) >= 11 is 0. The minimum atomic E-state index is -0.0355. The highest BCUT2D eigenvalue weighted by molar-refractivity contribution is 5.98. The lowest BCUT2D eigenvalue weighted by atomic mass is 9.81. The van der Waals surface area contributed by atoms with Gasteiger partial charge in [0, 0.05) is 19.8 Å². The number of rotatable bonds is 5. The van der Waals surface area contributed by atoms with Gasteiger partial charge < -0.3 is 10.6 Å². The summed E-state index contributed by atoms with van der Waals surface area (Å²) in [5.41, 5.74) is 0.618. The topological polar surface area (TPSA) is 54.0 Å². The van der Waals surface area contributed by atoms with Gasteiger partial charge in [0.05, 0.1) is 5.56 Å². The van der Waals surface area contributed by atoms with Gasteiger partial charge in [-0.3, -0.25) is 4.79 Å². The molecule has 0 spiro atoms. The van der Waals surface area contributed by atoms with Crippen LogP contribution in [0.15, 0.2) is 18.3 Å². The van der Waals surface area contributed by atoms with Gasteiger partial charge >= 0.3 is 0 Å². The van der Waals surface area contributed by atoms with Crippen molar-refractivity contribution in [3.63, 3.8) is 0 Å². The third-order valence-electron chi connectivity index (χ3n) is 4.26. The van der Waals surface area contributed by atoms with Gasteiger partial charge in [0.2, 0.25) is 0 Å². The summed E-state index contributed by atoms with van der Waals surface area (Å²) in [5, 5.41) is 5.96. The van der Waals surface area contributed by atoms with Crippen molar-refractivity contribution in [2.45, 2.75) is 39.0 Å². The normalized spacial score (nSPS) is 22.3. The maximum Gasteiger partial charge on any atom is 0.255 e. The molecule has 2 rings (SSSR count). The summed E-state index contributed by atoms with van der Waals surface area (Å²) < 4.78 is 0. The minimum absolute atomic E-state index is 0.0355. The maximum absolute atomic E-state index is 12.1. The Hall–Kier alpha value is -1.58. The summed E-state index contributed by atoms with van der Waals surface area (Å²) in [6, 6.07) is 3.59. The zero-order valence-corrected chi connectivity index (χ0v) is 12.5. The highest BCUT2D eigenvalue weighted by atomic mass is 16.1. The van der Waals surface area contributed by atoms with E-state index in [1.54, 1.807) is 25.4 Å². The van der Waals surface area contributed by atoms with E-state index in [1.165, 1.54) is 25.7 Å². The molecule has 1 saturated carbocycles. The van der Waals surface area contributed by atoms with E-state index in [1.807, 2.05) is 0 Å². The van der Waals surface area contributed by atoms with Gasteiger partial charge in [-0.2, -0.15) is 0 Å². The van der Waals surface area contributed by atoms with Crippen LogP contribution in [0, 0.1) is 11.8 Å². The fourth-order valence-electron chi connectivity index (χ4n) is 2.89. The number of amides is 1. The summed E-state index contributed by atoms with van der Waals surface area (Å²) in [6.07, 6.45) is 8.08. The predicted molar refractivity (Wildman–Crippen MR) is 81.9 cm³/mol. The quantitative estimate of drug-likeness (QED) is 0.868. The van der Waals surface area contributed by atoms with Crippen LogP contribution in [-0.4, -0.2) is 24.5 Å². The number of carbonyl (C=O) groups is 1. The maximum atomic E-state index is 12.1. The Balaban J connectivity index is 1.78. The number of pyridine rings is 1. The van der Waals surface area contributed by atoms with E-state index in [2.05, 4.69) is 22.5 Å². The van der Waals surface area contributed by atoms with Gasteiger partial charge in [-0.25, -0.2) is 4.98 Å². The van der Waals surface area contributed by atoms with Crippen molar-refractivity contribution >= 4 is 11.7 Å². The van der Waals surface area contributed by atoms with Crippen molar-refractivity contribution in [2.75, 3.05) is 18.9 Å². The fraction of sp³-hybridized carbons (Fsp3) is 0.625. The molecule has 0 unspecified atom stereocenters. The van der Waals surface area contributed by atoms with Crippen LogP contribution < -0.4 is 10.6 Å². The molecule has 1 amide bonds. The zero-order chi connectivity index (χ0) is 14.4. The number of hydrogen-bond donors (Lipinski definition) is 2. The molecular formula is C16H25N3O. The molecule has 1 heterocycles. The van der Waals surface area contributed by atoms with E-state index >= 15 is 0 Å². The molecule has 4 heteroatoms. The highest BCUT2D eigenvalue weighted by Gasteiger charge is 2.18. The smallest absolute Gasteiger partial charge is 0.255 e. The van der Waals surface area contributed by atoms with Crippen LogP contribution in [0.2, 0.25) is 0 Å². The SMILES string of the molecule is CNc1ncccc1C(=O)NCCC1CCC(C)CC1. The van der Waals surface area contributed by atoms with Crippen LogP contribution in [0.4, 0.5) is 5.82 Å². The van der Waals surface area contributed by atoms with Gasteiger partial charge in [-0.05, 0) is 30.4 Å². The van der Waals surface area contributed by atoms with E-state index in [0.29, 0.717) is 11.4 Å². The van der Waals surface area contributed by atoms with Crippen molar-refractivity contribution in [3.8, 4) is 0 Å². The number of aromatic nitrogens is 1. The van der Waals surface area contributed by atoms with Crippen molar-refractivity contribution in [3.05, 3.63) is 23.9 Å². The molecular weight excluding hydrogens is 250 g/mol. The standard InChI is InChI=1S/C16H25N3O/c1-12-5-7-13(8-6-12)9-11-19-16(20)14-4-3-10-18-15(14)17-2/h3-4,10,12-13H,5-9,11H2,1-2H3,(H,17,18)(H,19,20). The molecule has 1 fully saturated rings. The van der Waals surface area contributed by atoms with Gasteiger partial charge in [-0.15, -0.1) is 0 Å². The van der Waals surface area contributed by atoms with Crippen molar-refractivity contribution in [1.29, 1.82) is 0 Å². The number of nitrogens with zero attached hydrogens (tertiary/aromatic N) is 1. The van der Waals surface area contributed by atoms with Gasteiger partial charge in [0.1, 0.15) is 5.82 Å². The molecule has 2 N–H and O–H groups in total. The predicted octanol–water partition coefficient (Wildman–Crippen LogP) is 3.07. The number of anilines is 1. The molecule has 1 aromatic rings. The molecule has 1 aromatic heterocycles. The summed E-state index contributed by atoms with van der Waals surface area (Å²) in [5.74, 6) is 2.27. The molecule has 0 bridgehead atoms. The van der Waals surface area contributed by atoms with Crippen LogP contribution in [-0.2, 0) is 0 Å². The third-order valence-corrected chi connectivity index (χ3v) is 4.26. The second-order valence-corrected chi connectivity index (χ2v) is 5.82. The fourth-order valence-corrected chi connectivity index (χ4v) is 2.89. The first-order valence-corrected chi connectivity index (χ1v) is 7.61. The Morgan fingerprint density at radius 3 is 2.80 bits per heavy atom. The van der Waals surface area contributed by atoms with Crippen LogP contribution in [0.5, 0.6) is 0 Å². The Morgan fingerprint density at radius 2 is 2.10 bits per heavy atom. The molecule has 1 aliphatic carbocycles. The summed E-state index contributed by atoms with van der Waals surface area (Å²) in [6.45, 7) is 3.09. The van der Waals surface area contributed by atoms with E-state index in [0.717, 1.165) is 24.8 Å². The lowest BCUT2D eigenvalue weighted by molar-refractivity contribution is 0.0950. The average Bonchev–Trinajstić information content (AvgIpc) is 2.49. The number of carbonyl (C=O) groups excluding carboxylic acids is 1. The molecule has 0 aromatic carbocycles. The first-order chi connectivity index (χ1) is 9.70. The van der Waals surface area contributed by atoms with Crippen LogP contribution in [0.25, 0.3) is 0 Å². The Bertz CT molecular complexity index is 439. The van der Waals surface area contributed by atoms with Crippen molar-refractivity contribution in [1.82, 2.24) is 10.3 Å². The molecule has 0 saturated heterocycles. The second kappa shape index (κ2) is 7.27. The van der Waals surface area contributed by atoms with Gasteiger partial charge in [0.25, 0.3) is 5.91 Å². The van der Waals surface area contributed by atoms with Gasteiger partial charge in [0.15, 0.2) is 0 Å².